The van der Waals surface area contributed by atoms with Gasteiger partial charge < -0.3 is 14.6 Å². The van der Waals surface area contributed by atoms with Crippen molar-refractivity contribution in [2.75, 3.05) is 13.2 Å². The first-order valence-electron chi connectivity index (χ1n) is 8.19. The van der Waals surface area contributed by atoms with Gasteiger partial charge in [0.1, 0.15) is 12.3 Å². The number of thioether (sulfide) groups is 1. The van der Waals surface area contributed by atoms with E-state index in [-0.39, 0.29) is 11.0 Å². The van der Waals surface area contributed by atoms with Gasteiger partial charge in [0.05, 0.1) is 11.0 Å². The van der Waals surface area contributed by atoms with E-state index in [1.54, 1.807) is 31.2 Å². The molecule has 0 aliphatic carbocycles. The van der Waals surface area contributed by atoms with Crippen LogP contribution in [0.4, 0.5) is 4.79 Å². The van der Waals surface area contributed by atoms with E-state index in [4.69, 9.17) is 14.6 Å². The molecule has 0 saturated carbocycles. The summed E-state index contributed by atoms with van der Waals surface area (Å²) in [5, 5.41) is 8.09. The van der Waals surface area contributed by atoms with E-state index in [1.165, 1.54) is 6.08 Å². The van der Waals surface area contributed by atoms with Crippen molar-refractivity contribution in [2.45, 2.75) is 26.4 Å². The first-order chi connectivity index (χ1) is 12.8. The monoisotopic (exact) mass is 393 g/mol. The fourth-order valence-corrected chi connectivity index (χ4v) is 2.94. The Balaban J connectivity index is 2.08. The number of imide groups is 1. The first-order valence-corrected chi connectivity index (χ1v) is 9.01. The third-order valence-corrected chi connectivity index (χ3v) is 4.49. The normalized spacial score (nSPS) is 16.5. The third kappa shape index (κ3) is 5.85. The van der Waals surface area contributed by atoms with Gasteiger partial charge in [-0.2, -0.15) is 0 Å². The molecule has 1 aromatic carbocycles. The maximum Gasteiger partial charge on any atom is 0.341 e. The molecule has 144 valence electrons. The zero-order valence-electron chi connectivity index (χ0n) is 14.8. The average Bonchev–Trinajstić information content (AvgIpc) is 2.87. The molecule has 0 bridgehead atoms. The highest BCUT2D eigenvalue weighted by Crippen LogP contribution is 2.32. The van der Waals surface area contributed by atoms with Crippen LogP contribution in [0.15, 0.2) is 29.2 Å². The van der Waals surface area contributed by atoms with E-state index in [9.17, 15) is 19.2 Å². The van der Waals surface area contributed by atoms with Gasteiger partial charge >= 0.3 is 11.9 Å². The van der Waals surface area contributed by atoms with Gasteiger partial charge in [-0.1, -0.05) is 19.1 Å². The highest BCUT2D eigenvalue weighted by atomic mass is 32.2. The molecule has 1 aliphatic heterocycles. The molecular weight excluding hydrogens is 374 g/mol. The van der Waals surface area contributed by atoms with Crippen LogP contribution in [0.2, 0.25) is 0 Å². The maximum absolute atomic E-state index is 12.4. The summed E-state index contributed by atoms with van der Waals surface area (Å²) in [6.45, 7) is 2.66. The Labute approximate surface area is 160 Å². The molecule has 1 saturated heterocycles. The summed E-state index contributed by atoms with van der Waals surface area (Å²) in [5.74, 6) is -2.01. The Morgan fingerprint density at radius 1 is 1.33 bits per heavy atom. The molecule has 1 fully saturated rings. The van der Waals surface area contributed by atoms with Crippen molar-refractivity contribution in [3.8, 4) is 5.75 Å². The van der Waals surface area contributed by atoms with Crippen LogP contribution in [0.25, 0.3) is 6.08 Å². The topological polar surface area (TPSA) is 110 Å². The highest BCUT2D eigenvalue weighted by molar-refractivity contribution is 8.18. The Morgan fingerprint density at radius 3 is 2.74 bits per heavy atom. The first kappa shape index (κ1) is 20.5. The summed E-state index contributed by atoms with van der Waals surface area (Å²) >= 11 is 0.723. The standard InChI is InChI=1S/C18H19NO7S/c1-3-11(2)26-16(22)9-19-17(23)14(27-18(19)24)8-12-5-4-6-13(7-12)25-10-15(20)21/h4-8,11H,3,9-10H2,1-2H3,(H,20,21)/b14-8+/t11-/m1/s1. The molecule has 0 unspecified atom stereocenters. The Bertz CT molecular complexity index is 790. The lowest BCUT2D eigenvalue weighted by molar-refractivity contribution is -0.150. The summed E-state index contributed by atoms with van der Waals surface area (Å²) in [4.78, 5) is 47.9. The zero-order valence-corrected chi connectivity index (χ0v) is 15.7. The number of esters is 1. The van der Waals surface area contributed by atoms with Crippen LogP contribution >= 0.6 is 11.8 Å². The van der Waals surface area contributed by atoms with Gasteiger partial charge in [-0.25, -0.2) is 4.79 Å². The number of rotatable bonds is 8. The highest BCUT2D eigenvalue weighted by Gasteiger charge is 2.36. The Kier molecular flexibility index (Phi) is 7.00. The molecule has 8 nitrogen and oxygen atoms in total. The van der Waals surface area contributed by atoms with Crippen molar-refractivity contribution in [1.29, 1.82) is 0 Å². The van der Waals surface area contributed by atoms with E-state index in [0.29, 0.717) is 17.7 Å². The van der Waals surface area contributed by atoms with E-state index < -0.39 is 36.2 Å². The molecule has 9 heteroatoms. The number of carbonyl (C=O) groups excluding carboxylic acids is 3. The second-order valence-electron chi connectivity index (χ2n) is 5.73. The van der Waals surface area contributed by atoms with Crippen LogP contribution in [0.1, 0.15) is 25.8 Å². The molecule has 2 amide bonds. The lowest BCUT2D eigenvalue weighted by Crippen LogP contribution is -2.35. The van der Waals surface area contributed by atoms with Crippen molar-refractivity contribution in [1.82, 2.24) is 4.90 Å². The predicted molar refractivity (Wildman–Crippen MR) is 98.1 cm³/mol. The van der Waals surface area contributed by atoms with Crippen LogP contribution in [0.3, 0.4) is 0 Å². The number of aliphatic carboxylic acids is 1. The Morgan fingerprint density at radius 2 is 2.07 bits per heavy atom. The summed E-state index contributed by atoms with van der Waals surface area (Å²) in [6.07, 6.45) is 1.83. The molecular formula is C18H19NO7S. The molecule has 2 rings (SSSR count). The van der Waals surface area contributed by atoms with Crippen molar-refractivity contribution in [2.24, 2.45) is 0 Å². The molecule has 0 radical (unpaired) electrons. The van der Waals surface area contributed by atoms with Crippen LogP contribution < -0.4 is 4.74 Å². The average molecular weight is 393 g/mol. The van der Waals surface area contributed by atoms with Crippen molar-refractivity contribution in [3.05, 3.63) is 34.7 Å². The minimum atomic E-state index is -1.11. The number of benzene rings is 1. The number of carboxylic acid groups (broad SMARTS) is 1. The van der Waals surface area contributed by atoms with Crippen LogP contribution in [-0.2, 0) is 19.1 Å². The van der Waals surface area contributed by atoms with E-state index >= 15 is 0 Å². The molecule has 1 atom stereocenters. The summed E-state index contributed by atoms with van der Waals surface area (Å²) in [7, 11) is 0. The van der Waals surface area contributed by atoms with Gasteiger partial charge in [0.25, 0.3) is 11.1 Å². The van der Waals surface area contributed by atoms with Gasteiger partial charge in [0.2, 0.25) is 0 Å². The maximum atomic E-state index is 12.4. The molecule has 1 N–H and O–H groups in total. The summed E-state index contributed by atoms with van der Waals surface area (Å²) in [6, 6.07) is 6.45. The largest absolute Gasteiger partial charge is 0.482 e. The number of carboxylic acids is 1. The van der Waals surface area contributed by atoms with E-state index in [0.717, 1.165) is 16.7 Å². The van der Waals surface area contributed by atoms with E-state index in [2.05, 4.69) is 0 Å². The van der Waals surface area contributed by atoms with Crippen molar-refractivity contribution >= 4 is 40.9 Å². The fourth-order valence-electron chi connectivity index (χ4n) is 2.10. The fraction of sp³-hybridized carbons (Fsp3) is 0.333. The molecule has 27 heavy (non-hydrogen) atoms. The number of hydrogen-bond acceptors (Lipinski definition) is 7. The minimum absolute atomic E-state index is 0.159. The molecule has 1 aromatic rings. The van der Waals surface area contributed by atoms with Crippen LogP contribution in [0.5, 0.6) is 5.75 Å². The zero-order chi connectivity index (χ0) is 20.0. The second kappa shape index (κ2) is 9.22. The minimum Gasteiger partial charge on any atom is -0.482 e. The van der Waals surface area contributed by atoms with Gasteiger partial charge in [0, 0.05) is 0 Å². The lowest BCUT2D eigenvalue weighted by Gasteiger charge is -2.14. The lowest BCUT2D eigenvalue weighted by atomic mass is 10.2. The molecule has 0 spiro atoms. The molecule has 1 heterocycles. The number of amides is 2. The van der Waals surface area contributed by atoms with Crippen molar-refractivity contribution in [3.63, 3.8) is 0 Å². The predicted octanol–water partition coefficient (Wildman–Crippen LogP) is 2.53. The quantitative estimate of drug-likeness (QED) is 0.530. The smallest absolute Gasteiger partial charge is 0.341 e. The van der Waals surface area contributed by atoms with E-state index in [1.807, 2.05) is 6.92 Å². The van der Waals surface area contributed by atoms with Gasteiger partial charge in [0.15, 0.2) is 6.61 Å². The number of hydrogen-bond donors (Lipinski definition) is 1. The third-order valence-electron chi connectivity index (χ3n) is 3.59. The van der Waals surface area contributed by atoms with Crippen LogP contribution in [-0.4, -0.2) is 52.3 Å². The summed E-state index contributed by atoms with van der Waals surface area (Å²) in [5.41, 5.74) is 0.561. The van der Waals surface area contributed by atoms with Crippen LogP contribution in [0, 0.1) is 0 Å². The summed E-state index contributed by atoms with van der Waals surface area (Å²) < 4.78 is 10.2. The second-order valence-corrected chi connectivity index (χ2v) is 6.72. The number of carbonyl (C=O) groups is 4. The Hall–Kier alpha value is -2.81. The number of nitrogens with zero attached hydrogens (tertiary/aromatic N) is 1. The van der Waals surface area contributed by atoms with Gasteiger partial charge in [-0.3, -0.25) is 19.3 Å². The van der Waals surface area contributed by atoms with Gasteiger partial charge in [-0.15, -0.1) is 0 Å². The van der Waals surface area contributed by atoms with Crippen molar-refractivity contribution < 1.29 is 33.8 Å². The number of ether oxygens (including phenoxy) is 2. The molecule has 1 aliphatic rings. The molecule has 0 aromatic heterocycles. The van der Waals surface area contributed by atoms with Gasteiger partial charge in [-0.05, 0) is 48.9 Å². The SMILES string of the molecule is CC[C@@H](C)OC(=O)CN1C(=O)S/C(=C/c2cccc(OCC(=O)O)c2)C1=O.